The van der Waals surface area contributed by atoms with Crippen LogP contribution in [-0.2, 0) is 4.79 Å². The molecule has 2 fully saturated rings. The number of benzene rings is 1. The molecule has 2 heterocycles. The number of ether oxygens (including phenoxy) is 2. The first-order valence-corrected chi connectivity index (χ1v) is 11.8. The zero-order chi connectivity index (χ0) is 22.2. The molecule has 170 valence electrons. The van der Waals surface area contributed by atoms with E-state index in [0.717, 1.165) is 42.0 Å². The molecular formula is C26H33N3O3. The molecule has 1 aromatic heterocycles. The summed E-state index contributed by atoms with van der Waals surface area (Å²) in [6.07, 6.45) is 13.2. The van der Waals surface area contributed by atoms with Crippen molar-refractivity contribution < 1.29 is 14.3 Å². The number of pyridine rings is 1. The maximum atomic E-state index is 13.0. The first-order chi connectivity index (χ1) is 15.7. The summed E-state index contributed by atoms with van der Waals surface area (Å²) in [6.45, 7) is 4.61. The number of hydrogen-bond donors (Lipinski definition) is 1. The fourth-order valence-electron chi connectivity index (χ4n) is 4.43. The molecule has 0 bridgehead atoms. The normalized spacial score (nSPS) is 19.8. The van der Waals surface area contributed by atoms with Gasteiger partial charge >= 0.3 is 0 Å². The van der Waals surface area contributed by atoms with E-state index >= 15 is 0 Å². The van der Waals surface area contributed by atoms with Crippen molar-refractivity contribution >= 4 is 12.0 Å². The van der Waals surface area contributed by atoms with E-state index in [1.807, 2.05) is 54.4 Å². The summed E-state index contributed by atoms with van der Waals surface area (Å²) in [7, 11) is 0. The highest BCUT2D eigenvalue weighted by molar-refractivity contribution is 5.92. The highest BCUT2D eigenvalue weighted by Gasteiger charge is 2.23. The van der Waals surface area contributed by atoms with Crippen molar-refractivity contribution in [3.63, 3.8) is 0 Å². The van der Waals surface area contributed by atoms with Gasteiger partial charge in [0.1, 0.15) is 0 Å². The van der Waals surface area contributed by atoms with Crippen LogP contribution in [0.15, 0.2) is 48.8 Å². The van der Waals surface area contributed by atoms with Crippen molar-refractivity contribution in [2.75, 3.05) is 26.2 Å². The summed E-state index contributed by atoms with van der Waals surface area (Å²) >= 11 is 0. The summed E-state index contributed by atoms with van der Waals surface area (Å²) < 4.78 is 12.2. The lowest BCUT2D eigenvalue weighted by Gasteiger charge is -2.33. The van der Waals surface area contributed by atoms with E-state index < -0.39 is 0 Å². The van der Waals surface area contributed by atoms with Crippen molar-refractivity contribution in [1.29, 1.82) is 0 Å². The standard InChI is InChI=1S/C26H33N3O3/c1-2-31-24-12-6-8-20(26(24)32-22-10-4-3-5-11-22)13-14-25(30)29-17-16-28-23(19-29)21-9-7-15-27-18-21/h6-9,12-15,18,22-23,28H,2-5,10-11,16-17,19H2,1H3/b14-13+. The largest absolute Gasteiger partial charge is 0.490 e. The van der Waals surface area contributed by atoms with Crippen LogP contribution >= 0.6 is 0 Å². The van der Waals surface area contributed by atoms with Crippen LogP contribution in [0.25, 0.3) is 6.08 Å². The van der Waals surface area contributed by atoms with Gasteiger partial charge in [-0.15, -0.1) is 0 Å². The Balaban J connectivity index is 1.48. The Morgan fingerprint density at radius 1 is 1.22 bits per heavy atom. The van der Waals surface area contributed by atoms with Crippen LogP contribution in [0.5, 0.6) is 11.5 Å². The molecule has 1 aliphatic carbocycles. The zero-order valence-electron chi connectivity index (χ0n) is 18.8. The molecule has 1 saturated carbocycles. The van der Waals surface area contributed by atoms with Crippen LogP contribution in [0.3, 0.4) is 0 Å². The summed E-state index contributed by atoms with van der Waals surface area (Å²) in [6, 6.07) is 9.95. The van der Waals surface area contributed by atoms with E-state index in [-0.39, 0.29) is 18.1 Å². The highest BCUT2D eigenvalue weighted by Crippen LogP contribution is 2.35. The summed E-state index contributed by atoms with van der Waals surface area (Å²) in [4.78, 5) is 19.1. The van der Waals surface area contributed by atoms with Crippen molar-refractivity contribution in [2.45, 2.75) is 51.2 Å². The molecule has 1 aliphatic heterocycles. The number of nitrogens with zero attached hydrogens (tertiary/aromatic N) is 2. The van der Waals surface area contributed by atoms with Gasteiger partial charge in [-0.1, -0.05) is 24.6 Å². The second-order valence-corrected chi connectivity index (χ2v) is 8.40. The van der Waals surface area contributed by atoms with Gasteiger partial charge in [-0.05, 0) is 56.4 Å². The Morgan fingerprint density at radius 3 is 2.88 bits per heavy atom. The number of aromatic nitrogens is 1. The Labute approximate surface area is 190 Å². The smallest absolute Gasteiger partial charge is 0.246 e. The first kappa shape index (κ1) is 22.3. The van der Waals surface area contributed by atoms with Gasteiger partial charge in [0.25, 0.3) is 0 Å². The minimum absolute atomic E-state index is 0.00539. The van der Waals surface area contributed by atoms with Crippen LogP contribution in [-0.4, -0.2) is 48.1 Å². The molecule has 1 unspecified atom stereocenters. The van der Waals surface area contributed by atoms with Gasteiger partial charge in [0.05, 0.1) is 18.8 Å². The average Bonchev–Trinajstić information content (AvgIpc) is 2.85. The number of carbonyl (C=O) groups is 1. The van der Waals surface area contributed by atoms with Crippen LogP contribution in [0, 0.1) is 0 Å². The van der Waals surface area contributed by atoms with Crippen molar-refractivity contribution in [2.24, 2.45) is 0 Å². The zero-order valence-corrected chi connectivity index (χ0v) is 18.8. The molecule has 6 heteroatoms. The maximum absolute atomic E-state index is 13.0. The third-order valence-corrected chi connectivity index (χ3v) is 6.13. The molecular weight excluding hydrogens is 402 g/mol. The Bertz CT molecular complexity index is 910. The quantitative estimate of drug-likeness (QED) is 0.654. The van der Waals surface area contributed by atoms with Gasteiger partial charge in [0.2, 0.25) is 5.91 Å². The lowest BCUT2D eigenvalue weighted by atomic mass is 9.97. The Morgan fingerprint density at radius 2 is 2.09 bits per heavy atom. The number of amides is 1. The number of hydrogen-bond acceptors (Lipinski definition) is 5. The van der Waals surface area contributed by atoms with Crippen LogP contribution < -0.4 is 14.8 Å². The molecule has 4 rings (SSSR count). The lowest BCUT2D eigenvalue weighted by Crippen LogP contribution is -2.47. The molecule has 2 aliphatic rings. The number of rotatable bonds is 7. The molecule has 1 amide bonds. The fourth-order valence-corrected chi connectivity index (χ4v) is 4.43. The van der Waals surface area contributed by atoms with Gasteiger partial charge in [-0.25, -0.2) is 0 Å². The van der Waals surface area contributed by atoms with Crippen LogP contribution in [0.1, 0.15) is 56.2 Å². The van der Waals surface area contributed by atoms with Gasteiger partial charge in [-0.2, -0.15) is 0 Å². The minimum Gasteiger partial charge on any atom is -0.490 e. The summed E-state index contributed by atoms with van der Waals surface area (Å²) in [5, 5.41) is 3.48. The van der Waals surface area contributed by atoms with E-state index in [9.17, 15) is 4.79 Å². The third kappa shape index (κ3) is 5.68. The SMILES string of the molecule is CCOc1cccc(/C=C/C(=O)N2CCNC(c3cccnc3)C2)c1OC1CCCCC1. The topological polar surface area (TPSA) is 63.7 Å². The number of nitrogens with one attached hydrogen (secondary N) is 1. The summed E-state index contributed by atoms with van der Waals surface area (Å²) in [5.74, 6) is 1.50. The maximum Gasteiger partial charge on any atom is 0.246 e. The second-order valence-electron chi connectivity index (χ2n) is 8.40. The molecule has 2 aromatic rings. The van der Waals surface area contributed by atoms with E-state index in [2.05, 4.69) is 10.3 Å². The van der Waals surface area contributed by atoms with E-state index in [4.69, 9.17) is 9.47 Å². The molecule has 1 aromatic carbocycles. The predicted octanol–water partition coefficient (Wildman–Crippen LogP) is 4.38. The molecule has 1 N–H and O–H groups in total. The molecule has 32 heavy (non-hydrogen) atoms. The fraction of sp³-hybridized carbons (Fsp3) is 0.462. The molecule has 0 spiro atoms. The minimum atomic E-state index is 0.00539. The van der Waals surface area contributed by atoms with Crippen molar-refractivity contribution in [3.8, 4) is 11.5 Å². The highest BCUT2D eigenvalue weighted by atomic mass is 16.5. The summed E-state index contributed by atoms with van der Waals surface area (Å²) in [5.41, 5.74) is 1.98. The second kappa shape index (κ2) is 11.1. The predicted molar refractivity (Wildman–Crippen MR) is 126 cm³/mol. The van der Waals surface area contributed by atoms with E-state index in [1.165, 1.54) is 19.3 Å². The van der Waals surface area contributed by atoms with Crippen molar-refractivity contribution in [3.05, 3.63) is 59.9 Å². The number of piperazine rings is 1. The first-order valence-electron chi connectivity index (χ1n) is 11.8. The van der Waals surface area contributed by atoms with Gasteiger partial charge in [0.15, 0.2) is 11.5 Å². The number of para-hydroxylation sites is 1. The number of carbonyl (C=O) groups excluding carboxylic acids is 1. The Kier molecular flexibility index (Phi) is 7.77. The molecule has 0 radical (unpaired) electrons. The van der Waals surface area contributed by atoms with Gasteiger partial charge in [-0.3, -0.25) is 9.78 Å². The molecule has 1 atom stereocenters. The average molecular weight is 436 g/mol. The van der Waals surface area contributed by atoms with Crippen LogP contribution in [0.4, 0.5) is 0 Å². The van der Waals surface area contributed by atoms with Gasteiger partial charge < -0.3 is 19.7 Å². The lowest BCUT2D eigenvalue weighted by molar-refractivity contribution is -0.127. The van der Waals surface area contributed by atoms with Gasteiger partial charge in [0, 0.05) is 43.7 Å². The monoisotopic (exact) mass is 435 g/mol. The van der Waals surface area contributed by atoms with E-state index in [1.54, 1.807) is 12.3 Å². The van der Waals surface area contributed by atoms with E-state index in [0.29, 0.717) is 19.7 Å². The van der Waals surface area contributed by atoms with Crippen molar-refractivity contribution in [1.82, 2.24) is 15.2 Å². The third-order valence-electron chi connectivity index (χ3n) is 6.13. The Hall–Kier alpha value is -2.86. The van der Waals surface area contributed by atoms with Crippen LogP contribution in [0.2, 0.25) is 0 Å². The molecule has 1 saturated heterocycles. The molecule has 6 nitrogen and oxygen atoms in total.